The summed E-state index contributed by atoms with van der Waals surface area (Å²) in [7, 11) is -0.362. The van der Waals surface area contributed by atoms with E-state index in [-0.39, 0.29) is 0 Å². The number of hydrogen-bond acceptors (Lipinski definition) is 5. The summed E-state index contributed by atoms with van der Waals surface area (Å²) in [5.41, 5.74) is 0. The van der Waals surface area contributed by atoms with Crippen molar-refractivity contribution in [2.75, 3.05) is 21.3 Å². The molecule has 0 radical (unpaired) electrons. The SMILES string of the molecule is COC(C(=O)O)P(=O)(OC)OC. The predicted octanol–water partition coefficient (Wildman–Crippen LogP) is 0.529. The molecular weight excluding hydrogens is 187 g/mol. The zero-order valence-corrected chi connectivity index (χ0v) is 7.91. The molecule has 0 saturated heterocycles. The highest BCUT2D eigenvalue weighted by Crippen LogP contribution is 2.51. The van der Waals surface area contributed by atoms with Gasteiger partial charge in [0.1, 0.15) is 0 Å². The Kier molecular flexibility index (Phi) is 4.41. The number of carbonyl (C=O) groups is 1. The van der Waals surface area contributed by atoms with Crippen LogP contribution in [0.5, 0.6) is 0 Å². The van der Waals surface area contributed by atoms with Crippen molar-refractivity contribution >= 4 is 13.6 Å². The second kappa shape index (κ2) is 4.57. The standard InChI is InChI=1S/C5H11O6P/c1-9-5(4(6)7)12(8,10-2)11-3/h5H,1-3H3,(H,6,7). The first-order valence-electron chi connectivity index (χ1n) is 2.98. The minimum Gasteiger partial charge on any atom is -0.479 e. The van der Waals surface area contributed by atoms with Crippen LogP contribution in [0.2, 0.25) is 0 Å². The quantitative estimate of drug-likeness (QED) is 0.649. The van der Waals surface area contributed by atoms with Crippen molar-refractivity contribution in [1.82, 2.24) is 0 Å². The maximum atomic E-state index is 11.4. The first-order valence-corrected chi connectivity index (χ1v) is 4.59. The largest absolute Gasteiger partial charge is 0.479 e. The summed E-state index contributed by atoms with van der Waals surface area (Å²) < 4.78 is 24.7. The lowest BCUT2D eigenvalue weighted by molar-refractivity contribution is -0.144. The third kappa shape index (κ3) is 2.28. The molecular formula is C5H11O6P. The van der Waals surface area contributed by atoms with E-state index >= 15 is 0 Å². The zero-order chi connectivity index (χ0) is 9.78. The fourth-order valence-electron chi connectivity index (χ4n) is 0.631. The molecule has 0 fully saturated rings. The molecule has 72 valence electrons. The Labute approximate surface area is 70.0 Å². The van der Waals surface area contributed by atoms with Gasteiger partial charge in [0.15, 0.2) is 0 Å². The number of rotatable bonds is 5. The monoisotopic (exact) mass is 198 g/mol. The fraction of sp³-hybridized carbons (Fsp3) is 0.800. The molecule has 0 aromatic heterocycles. The van der Waals surface area contributed by atoms with Gasteiger partial charge in [0.2, 0.25) is 0 Å². The Morgan fingerprint density at radius 1 is 1.33 bits per heavy atom. The Hall–Kier alpha value is -0.420. The van der Waals surface area contributed by atoms with Crippen LogP contribution in [0, 0.1) is 0 Å². The van der Waals surface area contributed by atoms with Crippen LogP contribution in [-0.2, 0) is 23.1 Å². The third-order valence-corrected chi connectivity index (χ3v) is 3.25. The molecule has 0 aliphatic heterocycles. The fourth-order valence-corrected chi connectivity index (χ4v) is 1.69. The number of hydrogen-bond donors (Lipinski definition) is 1. The van der Waals surface area contributed by atoms with Gasteiger partial charge in [0, 0.05) is 21.3 Å². The molecule has 0 aromatic carbocycles. The molecule has 1 atom stereocenters. The maximum absolute atomic E-state index is 11.4. The normalized spacial score (nSPS) is 14.2. The molecule has 1 N–H and O–H groups in total. The van der Waals surface area contributed by atoms with Gasteiger partial charge in [-0.2, -0.15) is 0 Å². The number of methoxy groups -OCH3 is 1. The zero-order valence-electron chi connectivity index (χ0n) is 7.01. The van der Waals surface area contributed by atoms with E-state index in [1.54, 1.807) is 0 Å². The van der Waals surface area contributed by atoms with Crippen LogP contribution in [0.1, 0.15) is 0 Å². The molecule has 0 aromatic rings. The summed E-state index contributed by atoms with van der Waals surface area (Å²) in [6.45, 7) is 0. The van der Waals surface area contributed by atoms with E-state index in [0.717, 1.165) is 21.3 Å². The highest BCUT2D eigenvalue weighted by molar-refractivity contribution is 7.55. The van der Waals surface area contributed by atoms with Crippen LogP contribution in [-0.4, -0.2) is 38.3 Å². The molecule has 6 nitrogen and oxygen atoms in total. The van der Waals surface area contributed by atoms with Crippen molar-refractivity contribution in [1.29, 1.82) is 0 Å². The van der Waals surface area contributed by atoms with Crippen LogP contribution < -0.4 is 0 Å². The van der Waals surface area contributed by atoms with Crippen LogP contribution in [0.15, 0.2) is 0 Å². The van der Waals surface area contributed by atoms with Crippen LogP contribution in [0.25, 0.3) is 0 Å². The number of ether oxygens (including phenoxy) is 1. The lowest BCUT2D eigenvalue weighted by atomic mass is 10.7. The second-order valence-electron chi connectivity index (χ2n) is 1.83. The van der Waals surface area contributed by atoms with Crippen molar-refractivity contribution in [2.24, 2.45) is 0 Å². The minimum atomic E-state index is -3.67. The average Bonchev–Trinajstić information content (AvgIpc) is 2.04. The Balaban J connectivity index is 4.68. The van der Waals surface area contributed by atoms with Gasteiger partial charge in [-0.15, -0.1) is 0 Å². The average molecular weight is 198 g/mol. The lowest BCUT2D eigenvalue weighted by Gasteiger charge is -2.18. The van der Waals surface area contributed by atoms with Crippen molar-refractivity contribution < 1.29 is 28.3 Å². The van der Waals surface area contributed by atoms with E-state index in [1.807, 2.05) is 0 Å². The van der Waals surface area contributed by atoms with Gasteiger partial charge in [-0.1, -0.05) is 0 Å². The molecule has 0 amide bonds. The van der Waals surface area contributed by atoms with E-state index in [0.29, 0.717) is 0 Å². The van der Waals surface area contributed by atoms with Crippen LogP contribution in [0.4, 0.5) is 0 Å². The van der Waals surface area contributed by atoms with Crippen molar-refractivity contribution in [3.63, 3.8) is 0 Å². The van der Waals surface area contributed by atoms with Gasteiger partial charge in [-0.3, -0.25) is 4.57 Å². The van der Waals surface area contributed by atoms with Crippen LogP contribution in [0.3, 0.4) is 0 Å². The highest BCUT2D eigenvalue weighted by atomic mass is 31.2. The van der Waals surface area contributed by atoms with E-state index in [4.69, 9.17) is 5.11 Å². The maximum Gasteiger partial charge on any atom is 0.370 e. The number of aliphatic carboxylic acids is 1. The highest BCUT2D eigenvalue weighted by Gasteiger charge is 2.40. The van der Waals surface area contributed by atoms with Gasteiger partial charge in [0.05, 0.1) is 0 Å². The third-order valence-electron chi connectivity index (χ3n) is 1.23. The summed E-state index contributed by atoms with van der Waals surface area (Å²) in [6, 6.07) is 0. The van der Waals surface area contributed by atoms with Gasteiger partial charge < -0.3 is 18.9 Å². The molecule has 0 saturated carbocycles. The molecule has 7 heteroatoms. The number of carboxylic acid groups (broad SMARTS) is 1. The van der Waals surface area contributed by atoms with Crippen molar-refractivity contribution in [2.45, 2.75) is 5.85 Å². The van der Waals surface area contributed by atoms with Crippen molar-refractivity contribution in [3.05, 3.63) is 0 Å². The Morgan fingerprint density at radius 3 is 1.83 bits per heavy atom. The molecule has 12 heavy (non-hydrogen) atoms. The molecule has 0 heterocycles. The van der Waals surface area contributed by atoms with Crippen molar-refractivity contribution in [3.8, 4) is 0 Å². The molecule has 0 rings (SSSR count). The molecule has 1 unspecified atom stereocenters. The first-order chi connectivity index (χ1) is 5.51. The Morgan fingerprint density at radius 2 is 1.75 bits per heavy atom. The Bertz CT molecular complexity index is 194. The molecule has 0 spiro atoms. The van der Waals surface area contributed by atoms with Gasteiger partial charge >= 0.3 is 13.6 Å². The summed E-state index contributed by atoms with van der Waals surface area (Å²) >= 11 is 0. The molecule has 0 aliphatic rings. The summed E-state index contributed by atoms with van der Waals surface area (Å²) in [4.78, 5) is 10.4. The predicted molar refractivity (Wildman–Crippen MR) is 40.1 cm³/mol. The minimum absolute atomic E-state index is 1.10. The summed E-state index contributed by atoms with van der Waals surface area (Å²) in [5.74, 6) is -2.96. The van der Waals surface area contributed by atoms with E-state index in [1.165, 1.54) is 0 Å². The lowest BCUT2D eigenvalue weighted by Crippen LogP contribution is -2.23. The van der Waals surface area contributed by atoms with E-state index < -0.39 is 19.4 Å². The van der Waals surface area contributed by atoms with E-state index in [9.17, 15) is 9.36 Å². The topological polar surface area (TPSA) is 82.1 Å². The smallest absolute Gasteiger partial charge is 0.370 e. The number of carboxylic acids is 1. The van der Waals surface area contributed by atoms with Crippen LogP contribution >= 0.6 is 7.60 Å². The summed E-state index contributed by atoms with van der Waals surface area (Å²) in [6.07, 6.45) is 0. The first kappa shape index (κ1) is 11.6. The molecule has 0 bridgehead atoms. The van der Waals surface area contributed by atoms with Gasteiger partial charge in [-0.25, -0.2) is 4.79 Å². The van der Waals surface area contributed by atoms with E-state index in [2.05, 4.69) is 13.8 Å². The molecule has 0 aliphatic carbocycles. The second-order valence-corrected chi connectivity index (χ2v) is 4.11. The van der Waals surface area contributed by atoms with Gasteiger partial charge in [-0.05, 0) is 0 Å². The van der Waals surface area contributed by atoms with Gasteiger partial charge in [0.25, 0.3) is 5.85 Å². The summed E-state index contributed by atoms with van der Waals surface area (Å²) in [5, 5.41) is 8.51.